The number of rotatable bonds is 16. The number of esters is 1. The lowest BCUT2D eigenvalue weighted by Gasteiger charge is -2.27. The fourth-order valence-electron chi connectivity index (χ4n) is 4.34. The van der Waals surface area contributed by atoms with Crippen molar-refractivity contribution in [2.75, 3.05) is 32.8 Å². The Morgan fingerprint density at radius 1 is 0.818 bits per heavy atom. The number of fused-ring (bicyclic) bond motifs is 1. The molecule has 1 aromatic rings. The molecule has 1 saturated heterocycles. The first kappa shape index (κ1) is 35.1. The molecule has 0 spiro atoms. The highest BCUT2D eigenvalue weighted by molar-refractivity contribution is 8.19. The Hall–Kier alpha value is -3.39. The van der Waals surface area contributed by atoms with Gasteiger partial charge in [-0.25, -0.2) is 14.4 Å². The number of hydrazine groups is 1. The molecule has 0 radical (unpaired) electrons. The van der Waals surface area contributed by atoms with Gasteiger partial charge in [-0.2, -0.15) is 0 Å². The summed E-state index contributed by atoms with van der Waals surface area (Å²) in [5.74, 6) is -1.63. The molecule has 242 valence electrons. The summed E-state index contributed by atoms with van der Waals surface area (Å²) in [6, 6.07) is 3.02. The van der Waals surface area contributed by atoms with Crippen molar-refractivity contribution in [3.8, 4) is 11.5 Å². The maximum atomic E-state index is 13.6. The van der Waals surface area contributed by atoms with Crippen LogP contribution in [0.4, 0.5) is 9.59 Å². The van der Waals surface area contributed by atoms with E-state index in [1.165, 1.54) is 42.6 Å². The van der Waals surface area contributed by atoms with Crippen molar-refractivity contribution in [3.05, 3.63) is 24.3 Å². The normalized spacial score (nSPS) is 16.1. The molecule has 1 atom stereocenters. The van der Waals surface area contributed by atoms with Gasteiger partial charge in [-0.05, 0) is 38.3 Å². The highest BCUT2D eigenvalue weighted by Crippen LogP contribution is 2.58. The third kappa shape index (κ3) is 9.07. The van der Waals surface area contributed by atoms with Gasteiger partial charge in [0.25, 0.3) is 11.8 Å². The quantitative estimate of drug-likeness (QED) is 0.107. The number of ether oxygens (including phenoxy) is 3. The van der Waals surface area contributed by atoms with Gasteiger partial charge in [0.05, 0.1) is 20.9 Å². The van der Waals surface area contributed by atoms with Crippen molar-refractivity contribution in [1.29, 1.82) is 0 Å². The average molecular weight is 651 g/mol. The Morgan fingerprint density at radius 3 is 1.75 bits per heavy atom. The Morgan fingerprint density at radius 2 is 1.30 bits per heavy atom. The lowest BCUT2D eigenvalue weighted by molar-refractivity contribution is -0.147. The van der Waals surface area contributed by atoms with Crippen molar-refractivity contribution >= 4 is 53.5 Å². The lowest BCUT2D eigenvalue weighted by Crippen LogP contribution is -2.42. The average Bonchev–Trinajstić information content (AvgIpc) is 3.52. The summed E-state index contributed by atoms with van der Waals surface area (Å²) in [7, 11) is 0. The van der Waals surface area contributed by atoms with E-state index in [2.05, 4.69) is 17.2 Å². The number of carbonyl (C=O) groups excluding carboxylic acids is 5. The molecular weight excluding hydrogens is 608 g/mol. The van der Waals surface area contributed by atoms with E-state index in [4.69, 9.17) is 14.2 Å². The van der Waals surface area contributed by atoms with Crippen molar-refractivity contribution in [1.82, 2.24) is 20.7 Å². The number of hydrogen-bond acceptors (Lipinski definition) is 10. The number of nitrogens with one attached hydrogen (secondary N) is 2. The van der Waals surface area contributed by atoms with E-state index in [9.17, 15) is 24.0 Å². The molecule has 4 amide bonds. The summed E-state index contributed by atoms with van der Waals surface area (Å²) in [4.78, 5) is 64.9. The standard InChI is InChI=1S/C30H42N4O8S2/c1-6-9-14-31-29(38)41-20-12-13-21(42-30(39)32-15-18-40-27(37)19(4)5)24-23(20)43-28(44-24)22-25(35)33(16-10-7-2)34(26(22)36)17-11-8-3/h12-13,22,28H,4,6-11,14-18H2,1-3,5H3,(H,31,38)(H,32,39). The third-order valence-electron chi connectivity index (χ3n) is 6.72. The molecule has 2 N–H and O–H groups in total. The second-order valence-corrected chi connectivity index (χ2v) is 12.9. The van der Waals surface area contributed by atoms with Crippen molar-refractivity contribution in [3.63, 3.8) is 0 Å². The highest BCUT2D eigenvalue weighted by Gasteiger charge is 2.52. The van der Waals surface area contributed by atoms with E-state index in [-0.39, 0.29) is 42.0 Å². The summed E-state index contributed by atoms with van der Waals surface area (Å²) in [6.45, 7) is 12.4. The van der Waals surface area contributed by atoms with E-state index in [0.717, 1.165) is 38.5 Å². The van der Waals surface area contributed by atoms with Crippen molar-refractivity contribution in [2.45, 2.75) is 80.6 Å². The molecule has 3 rings (SSSR count). The van der Waals surface area contributed by atoms with E-state index in [1.807, 2.05) is 20.8 Å². The number of hydrogen-bond donors (Lipinski definition) is 2. The third-order valence-corrected chi connectivity index (χ3v) is 9.71. The maximum Gasteiger partial charge on any atom is 0.412 e. The first-order valence-corrected chi connectivity index (χ1v) is 16.8. The van der Waals surface area contributed by atoms with Gasteiger partial charge in [0.2, 0.25) is 0 Å². The molecule has 12 nitrogen and oxygen atoms in total. The Kier molecular flexibility index (Phi) is 13.7. The second kappa shape index (κ2) is 17.2. The molecule has 1 unspecified atom stereocenters. The van der Waals surface area contributed by atoms with Crippen molar-refractivity contribution in [2.24, 2.45) is 5.92 Å². The number of carbonyl (C=O) groups is 5. The van der Waals surface area contributed by atoms with E-state index in [0.29, 0.717) is 29.4 Å². The number of amides is 4. The molecule has 1 fully saturated rings. The summed E-state index contributed by atoms with van der Waals surface area (Å²) in [6.07, 6.45) is 3.57. The van der Waals surface area contributed by atoms with Crippen LogP contribution in [0, 0.1) is 5.92 Å². The predicted molar refractivity (Wildman–Crippen MR) is 167 cm³/mol. The first-order valence-electron chi connectivity index (χ1n) is 15.0. The molecule has 2 heterocycles. The molecule has 0 bridgehead atoms. The summed E-state index contributed by atoms with van der Waals surface area (Å²) in [5, 5.41) is 8.37. The minimum atomic E-state index is -0.956. The molecule has 14 heteroatoms. The zero-order valence-electron chi connectivity index (χ0n) is 25.8. The Balaban J connectivity index is 1.82. The number of thioether (sulfide) groups is 2. The molecular formula is C30H42N4O8S2. The van der Waals surface area contributed by atoms with Crippen LogP contribution in [0.1, 0.15) is 66.2 Å². The maximum absolute atomic E-state index is 13.6. The van der Waals surface area contributed by atoms with Gasteiger partial charge in [-0.3, -0.25) is 19.6 Å². The van der Waals surface area contributed by atoms with Crippen molar-refractivity contribution < 1.29 is 38.2 Å². The fourth-order valence-corrected chi connectivity index (χ4v) is 7.47. The Bertz CT molecular complexity index is 1220. The number of benzene rings is 1. The second-order valence-electron chi connectivity index (χ2n) is 10.3. The van der Waals surface area contributed by atoms with E-state index < -0.39 is 28.7 Å². The van der Waals surface area contributed by atoms with Gasteiger partial charge in [0, 0.05) is 25.2 Å². The highest BCUT2D eigenvalue weighted by atomic mass is 32.2. The largest absolute Gasteiger partial charge is 0.460 e. The van der Waals surface area contributed by atoms with Crippen LogP contribution >= 0.6 is 23.5 Å². The number of nitrogens with zero attached hydrogens (tertiary/aromatic N) is 2. The van der Waals surface area contributed by atoms with E-state index >= 15 is 0 Å². The molecule has 44 heavy (non-hydrogen) atoms. The van der Waals surface area contributed by atoms with Crippen LogP contribution < -0.4 is 20.1 Å². The molecule has 0 aliphatic carbocycles. The van der Waals surface area contributed by atoms with Crippen LogP contribution in [0.5, 0.6) is 11.5 Å². The fraction of sp³-hybridized carbons (Fsp3) is 0.567. The van der Waals surface area contributed by atoms with Gasteiger partial charge in [0.1, 0.15) is 24.0 Å². The topological polar surface area (TPSA) is 144 Å². The lowest BCUT2D eigenvalue weighted by atomic mass is 10.1. The van der Waals surface area contributed by atoms with Crippen LogP contribution in [-0.2, 0) is 19.1 Å². The number of unbranched alkanes of at least 4 members (excludes halogenated alkanes) is 3. The summed E-state index contributed by atoms with van der Waals surface area (Å²) >= 11 is 2.48. The predicted octanol–water partition coefficient (Wildman–Crippen LogP) is 5.11. The summed E-state index contributed by atoms with van der Waals surface area (Å²) < 4.78 is 15.6. The minimum Gasteiger partial charge on any atom is -0.460 e. The zero-order valence-corrected chi connectivity index (χ0v) is 27.4. The zero-order chi connectivity index (χ0) is 32.2. The molecule has 0 saturated carbocycles. The van der Waals surface area contributed by atoms with Crippen LogP contribution in [-0.4, -0.2) is 77.4 Å². The van der Waals surface area contributed by atoms with Gasteiger partial charge >= 0.3 is 18.2 Å². The monoisotopic (exact) mass is 650 g/mol. The van der Waals surface area contributed by atoms with Gasteiger partial charge < -0.3 is 24.8 Å². The van der Waals surface area contributed by atoms with Crippen LogP contribution in [0.2, 0.25) is 0 Å². The molecule has 2 aliphatic heterocycles. The van der Waals surface area contributed by atoms with Gasteiger partial charge in [0.15, 0.2) is 0 Å². The van der Waals surface area contributed by atoms with Gasteiger partial charge in [-0.15, -0.1) is 23.5 Å². The SMILES string of the molecule is C=C(C)C(=O)OCCNC(=O)Oc1ccc(OC(=O)NCCCC)c2c1SC(C1C(=O)N(CCCC)N(CCCC)C1=O)S2. The smallest absolute Gasteiger partial charge is 0.412 e. The minimum absolute atomic E-state index is 0.00988. The van der Waals surface area contributed by atoms with Gasteiger partial charge in [-0.1, -0.05) is 46.6 Å². The van der Waals surface area contributed by atoms with Crippen LogP contribution in [0.15, 0.2) is 34.1 Å². The van der Waals surface area contributed by atoms with Crippen LogP contribution in [0.3, 0.4) is 0 Å². The molecule has 2 aliphatic rings. The summed E-state index contributed by atoms with van der Waals surface area (Å²) in [5.41, 5.74) is 0.245. The molecule has 0 aromatic heterocycles. The Labute approximate surface area is 266 Å². The first-order chi connectivity index (χ1) is 21.1. The van der Waals surface area contributed by atoms with E-state index in [1.54, 1.807) is 10.0 Å². The van der Waals surface area contributed by atoms with Crippen LogP contribution in [0.25, 0.3) is 0 Å². The molecule has 1 aromatic carbocycles.